The van der Waals surface area contributed by atoms with Gasteiger partial charge >= 0.3 is 0 Å². The highest BCUT2D eigenvalue weighted by atomic mass is 16.4. The molecule has 33 heavy (non-hydrogen) atoms. The number of nitrogens with two attached hydrogens (primary N) is 2. The highest BCUT2D eigenvalue weighted by Gasteiger charge is 2.19. The third kappa shape index (κ3) is 3.37. The highest BCUT2D eigenvalue weighted by Crippen LogP contribution is 2.32. The van der Waals surface area contributed by atoms with E-state index in [1.54, 1.807) is 0 Å². The van der Waals surface area contributed by atoms with Crippen LogP contribution in [-0.4, -0.2) is 42.7 Å². The highest BCUT2D eigenvalue weighted by molar-refractivity contribution is 5.99. The quantitative estimate of drug-likeness (QED) is 0.436. The number of fused-ring (bicyclic) bond motifs is 3. The molecule has 5 aromatic rings. The Hall–Kier alpha value is -3.98. The molecule has 9 heteroatoms. The lowest BCUT2D eigenvalue weighted by atomic mass is 9.97. The Kier molecular flexibility index (Phi) is 4.51. The molecule has 166 valence electrons. The zero-order valence-electron chi connectivity index (χ0n) is 18.3. The molecule has 0 saturated carbocycles. The van der Waals surface area contributed by atoms with E-state index in [1.165, 1.54) is 23.0 Å². The first kappa shape index (κ1) is 19.7. The zero-order chi connectivity index (χ0) is 22.5. The summed E-state index contributed by atoms with van der Waals surface area (Å²) in [5.74, 6) is 0.395. The summed E-state index contributed by atoms with van der Waals surface area (Å²) < 4.78 is 7.30. The summed E-state index contributed by atoms with van der Waals surface area (Å²) in [6.45, 7) is 6.00. The van der Waals surface area contributed by atoms with E-state index in [-0.39, 0.29) is 6.01 Å². The van der Waals surface area contributed by atoms with E-state index >= 15 is 0 Å². The van der Waals surface area contributed by atoms with Gasteiger partial charge in [-0.05, 0) is 47.9 Å². The van der Waals surface area contributed by atoms with Crippen LogP contribution in [0.4, 0.5) is 11.8 Å². The first-order valence-electron chi connectivity index (χ1n) is 11.1. The van der Waals surface area contributed by atoms with E-state index in [1.807, 2.05) is 22.9 Å². The maximum Gasteiger partial charge on any atom is 0.292 e. The average Bonchev–Trinajstić information content (AvgIpc) is 3.38. The van der Waals surface area contributed by atoms with Crippen LogP contribution in [0.1, 0.15) is 23.6 Å². The summed E-state index contributed by atoms with van der Waals surface area (Å²) in [6.07, 6.45) is 2.55. The summed E-state index contributed by atoms with van der Waals surface area (Å²) in [5.41, 5.74) is 19.5. The Balaban J connectivity index is 1.42. The van der Waals surface area contributed by atoms with E-state index in [0.29, 0.717) is 34.8 Å². The molecule has 4 heterocycles. The summed E-state index contributed by atoms with van der Waals surface area (Å²) in [4.78, 5) is 15.4. The first-order chi connectivity index (χ1) is 16.1. The van der Waals surface area contributed by atoms with Gasteiger partial charge in [0.1, 0.15) is 23.4 Å². The molecule has 0 unspecified atom stereocenters. The number of rotatable bonds is 4. The van der Waals surface area contributed by atoms with Crippen molar-refractivity contribution in [2.24, 2.45) is 0 Å². The Morgan fingerprint density at radius 3 is 2.85 bits per heavy atom. The minimum Gasteiger partial charge on any atom is -0.424 e. The molecular weight excluding hydrogens is 416 g/mol. The van der Waals surface area contributed by atoms with Crippen molar-refractivity contribution < 1.29 is 4.42 Å². The van der Waals surface area contributed by atoms with Crippen LogP contribution in [0.15, 0.2) is 47.1 Å². The molecule has 9 nitrogen and oxygen atoms in total. The van der Waals surface area contributed by atoms with Gasteiger partial charge in [0.15, 0.2) is 11.2 Å². The van der Waals surface area contributed by atoms with Crippen molar-refractivity contribution in [1.29, 1.82) is 0 Å². The molecule has 0 bridgehead atoms. The van der Waals surface area contributed by atoms with Crippen LogP contribution >= 0.6 is 0 Å². The van der Waals surface area contributed by atoms with E-state index in [9.17, 15) is 0 Å². The maximum absolute atomic E-state index is 6.27. The van der Waals surface area contributed by atoms with Crippen molar-refractivity contribution >= 4 is 34.0 Å². The Morgan fingerprint density at radius 1 is 1.06 bits per heavy atom. The predicted octanol–water partition coefficient (Wildman–Crippen LogP) is 3.23. The van der Waals surface area contributed by atoms with Crippen molar-refractivity contribution in [3.05, 3.63) is 59.4 Å². The standard InChI is InChI=1S/C24H24N8O/c1-2-31-8-7-15-9-14(3-4-17(15)12-31)11-32-23-20(22(25)27-13-28-23)21(30-32)16-5-6-19-18(10-16)29-24(26)33-19/h3-6,9-10,13H,2,7-8,11-12H2,1H3,(H2,26,29)(H2,25,27,28). The topological polar surface area (TPSA) is 125 Å². The SMILES string of the molecule is CCN1CCc2cc(Cn3nc(-c4ccc5oc(N)nc5c4)c4c(N)ncnc43)ccc2C1. The Bertz CT molecular complexity index is 1500. The predicted molar refractivity (Wildman–Crippen MR) is 127 cm³/mol. The number of hydrogen-bond acceptors (Lipinski definition) is 8. The van der Waals surface area contributed by atoms with Crippen molar-refractivity contribution in [2.45, 2.75) is 26.4 Å². The average molecular weight is 441 g/mol. The van der Waals surface area contributed by atoms with Crippen LogP contribution in [-0.2, 0) is 19.5 Å². The summed E-state index contributed by atoms with van der Waals surface area (Å²) in [6, 6.07) is 12.5. The van der Waals surface area contributed by atoms with Gasteiger partial charge in [0.25, 0.3) is 6.01 Å². The lowest BCUT2D eigenvalue weighted by molar-refractivity contribution is 0.268. The Labute approximate surface area is 190 Å². The van der Waals surface area contributed by atoms with Gasteiger partial charge in [0.05, 0.1) is 11.9 Å². The molecule has 0 spiro atoms. The molecule has 0 saturated heterocycles. The molecule has 0 atom stereocenters. The molecule has 1 aliphatic heterocycles. The van der Waals surface area contributed by atoms with Gasteiger partial charge in [-0.15, -0.1) is 0 Å². The normalized spacial score (nSPS) is 14.2. The molecular formula is C24H24N8O. The number of aromatic nitrogens is 5. The molecule has 6 rings (SSSR count). The molecule has 4 N–H and O–H groups in total. The fourth-order valence-electron chi connectivity index (χ4n) is 4.64. The van der Waals surface area contributed by atoms with E-state index in [4.69, 9.17) is 21.0 Å². The molecule has 0 amide bonds. The van der Waals surface area contributed by atoms with Crippen LogP contribution in [0, 0.1) is 0 Å². The van der Waals surface area contributed by atoms with Crippen molar-refractivity contribution in [3.63, 3.8) is 0 Å². The number of benzene rings is 2. The Morgan fingerprint density at radius 2 is 1.97 bits per heavy atom. The van der Waals surface area contributed by atoms with Crippen LogP contribution < -0.4 is 11.5 Å². The van der Waals surface area contributed by atoms with Gasteiger partial charge in [-0.2, -0.15) is 10.1 Å². The monoisotopic (exact) mass is 440 g/mol. The number of likely N-dealkylation sites (N-methyl/N-ethyl adjacent to an activating group) is 1. The molecule has 0 radical (unpaired) electrons. The fraction of sp³-hybridized carbons (Fsp3) is 0.250. The smallest absolute Gasteiger partial charge is 0.292 e. The fourth-order valence-corrected chi connectivity index (χ4v) is 4.64. The lowest BCUT2D eigenvalue weighted by Gasteiger charge is -2.27. The van der Waals surface area contributed by atoms with Crippen LogP contribution in [0.5, 0.6) is 0 Å². The second kappa shape index (κ2) is 7.56. The minimum absolute atomic E-state index is 0.134. The van der Waals surface area contributed by atoms with Crippen LogP contribution in [0.2, 0.25) is 0 Å². The van der Waals surface area contributed by atoms with Crippen molar-refractivity contribution in [1.82, 2.24) is 29.6 Å². The van der Waals surface area contributed by atoms with Gasteiger partial charge in [-0.3, -0.25) is 4.90 Å². The third-order valence-corrected chi connectivity index (χ3v) is 6.38. The van der Waals surface area contributed by atoms with E-state index in [2.05, 4.69) is 45.0 Å². The molecule has 1 aliphatic rings. The summed E-state index contributed by atoms with van der Waals surface area (Å²) in [7, 11) is 0. The minimum atomic E-state index is 0.134. The zero-order valence-corrected chi connectivity index (χ0v) is 18.3. The summed E-state index contributed by atoms with van der Waals surface area (Å²) >= 11 is 0. The molecule has 3 aromatic heterocycles. The van der Waals surface area contributed by atoms with E-state index < -0.39 is 0 Å². The number of hydrogen-bond donors (Lipinski definition) is 2. The van der Waals surface area contributed by atoms with Gasteiger partial charge in [0, 0.05) is 18.7 Å². The number of nitrogens with zero attached hydrogens (tertiary/aromatic N) is 6. The second-order valence-electron chi connectivity index (χ2n) is 8.42. The van der Waals surface area contributed by atoms with Gasteiger partial charge in [-0.1, -0.05) is 25.1 Å². The lowest BCUT2D eigenvalue weighted by Crippen LogP contribution is -2.30. The number of nitrogen functional groups attached to an aromatic ring is 2. The van der Waals surface area contributed by atoms with Crippen LogP contribution in [0.3, 0.4) is 0 Å². The third-order valence-electron chi connectivity index (χ3n) is 6.38. The number of oxazole rings is 1. The molecule has 0 fully saturated rings. The van der Waals surface area contributed by atoms with Gasteiger partial charge in [0.2, 0.25) is 0 Å². The maximum atomic E-state index is 6.27. The second-order valence-corrected chi connectivity index (χ2v) is 8.42. The summed E-state index contributed by atoms with van der Waals surface area (Å²) in [5, 5.41) is 5.63. The van der Waals surface area contributed by atoms with E-state index in [0.717, 1.165) is 37.0 Å². The van der Waals surface area contributed by atoms with Crippen LogP contribution in [0.25, 0.3) is 33.4 Å². The van der Waals surface area contributed by atoms with Gasteiger partial charge < -0.3 is 15.9 Å². The number of anilines is 2. The first-order valence-corrected chi connectivity index (χ1v) is 11.1. The molecule has 2 aromatic carbocycles. The molecule has 0 aliphatic carbocycles. The van der Waals surface area contributed by atoms with Gasteiger partial charge in [-0.25, -0.2) is 14.6 Å². The largest absolute Gasteiger partial charge is 0.424 e. The van der Waals surface area contributed by atoms with Crippen molar-refractivity contribution in [3.8, 4) is 11.3 Å². The van der Waals surface area contributed by atoms with Crippen molar-refractivity contribution in [2.75, 3.05) is 24.6 Å².